The van der Waals surface area contributed by atoms with Crippen LogP contribution in [0.2, 0.25) is 0 Å². The van der Waals surface area contributed by atoms with E-state index >= 15 is 0 Å². The van der Waals surface area contributed by atoms with Gasteiger partial charge in [-0.2, -0.15) is 30.6 Å². The summed E-state index contributed by atoms with van der Waals surface area (Å²) in [5.74, 6) is 0. The molecule has 0 spiro atoms. The molecule has 0 aromatic carbocycles. The summed E-state index contributed by atoms with van der Waals surface area (Å²) in [4.78, 5) is 0. The van der Waals surface area contributed by atoms with Crippen molar-refractivity contribution in [1.29, 1.82) is 0 Å². The Morgan fingerprint density at radius 3 is 0.469 bits per heavy atom. The first-order valence-electron chi connectivity index (χ1n) is 31.5. The molecule has 0 atom stereocenters. The molecule has 0 aliphatic carbocycles. The van der Waals surface area contributed by atoms with Crippen molar-refractivity contribution in [2.24, 2.45) is 0 Å². The quantitative estimate of drug-likeness (QED) is 0.0357. The fourth-order valence-electron chi connectivity index (χ4n) is 11.2. The summed E-state index contributed by atoms with van der Waals surface area (Å²) < 4.78 is 122. The van der Waals surface area contributed by atoms with E-state index in [1.807, 2.05) is 28.1 Å². The standard InChI is InChI=1S/2C28H46N6O9.2C4H8O.HI.Na/c2*1-35-10-19-22(13-38-4)29-32(25(19)16-41-7)28(33-26(17-42-8)20(11-36-2)23(30-33)14-39-5)34-27(18-43-9)21(12-37-3)24(31-34)15-40-6;2*1-2-4-5-3-1;;/h2*28H,10-18H2,1-9H3;2*1-4H2;1H;/q;;;;;+1/p-1. The molecule has 98 heavy (non-hydrogen) atoms. The summed E-state index contributed by atoms with van der Waals surface area (Å²) in [5.41, 5.74) is 13.9. The van der Waals surface area contributed by atoms with Gasteiger partial charge in [-0.1, -0.05) is 0 Å². The number of ether oxygens (including phenoxy) is 20. The summed E-state index contributed by atoms with van der Waals surface area (Å²) in [5, 5.41) is 30.3. The van der Waals surface area contributed by atoms with Crippen molar-refractivity contribution in [1.82, 2.24) is 58.7 Å². The predicted octanol–water partition coefficient (Wildman–Crippen LogP) is -0.106. The molecule has 0 N–H and O–H groups in total. The molecule has 0 saturated carbocycles. The summed E-state index contributed by atoms with van der Waals surface area (Å²) in [6.45, 7) is 8.76. The van der Waals surface area contributed by atoms with E-state index in [4.69, 9.17) is 125 Å². The average molecular weight is 1520 g/mol. The van der Waals surface area contributed by atoms with Crippen LogP contribution in [0.4, 0.5) is 0 Å². The smallest absolute Gasteiger partial charge is 1.00 e. The number of aromatic nitrogens is 12. The van der Waals surface area contributed by atoms with Gasteiger partial charge >= 0.3 is 29.6 Å². The predicted molar refractivity (Wildman–Crippen MR) is 346 cm³/mol. The molecule has 0 bridgehead atoms. The fraction of sp³-hybridized carbons (Fsp3) is 0.719. The van der Waals surface area contributed by atoms with Crippen molar-refractivity contribution < 1.29 is 148 Å². The molecule has 2 saturated heterocycles. The van der Waals surface area contributed by atoms with Gasteiger partial charge < -0.3 is 119 Å². The van der Waals surface area contributed by atoms with Crippen molar-refractivity contribution in [3.05, 3.63) is 102 Å². The van der Waals surface area contributed by atoms with E-state index in [1.165, 1.54) is 25.7 Å². The molecule has 2 aliphatic heterocycles. The van der Waals surface area contributed by atoms with Gasteiger partial charge in [0.05, 0.1) is 187 Å². The number of halogens is 1. The third kappa shape index (κ3) is 23.6. The van der Waals surface area contributed by atoms with Crippen LogP contribution in [0.3, 0.4) is 0 Å². The molecule has 8 heterocycles. The molecule has 2 aliphatic rings. The minimum absolute atomic E-state index is 0. The van der Waals surface area contributed by atoms with Crippen molar-refractivity contribution in [2.75, 3.05) is 154 Å². The zero-order chi connectivity index (χ0) is 69.8. The minimum atomic E-state index is -0.788. The van der Waals surface area contributed by atoms with Crippen molar-refractivity contribution in [3.63, 3.8) is 0 Å². The first kappa shape index (κ1) is 88.4. The Labute approximate surface area is 616 Å². The molecular weight excluding hydrogens is 1410 g/mol. The maximum atomic E-state index is 5.69. The second kappa shape index (κ2) is 49.7. The molecule has 6 aromatic rings. The topological polar surface area (TPSA) is 292 Å². The summed E-state index contributed by atoms with van der Waals surface area (Å²) in [6.07, 6.45) is 3.54. The van der Waals surface area contributed by atoms with E-state index in [9.17, 15) is 0 Å². The molecule has 6 aromatic heterocycles. The molecule has 34 heteroatoms. The molecular formula is C64H108IN12NaO20. The van der Waals surface area contributed by atoms with E-state index in [2.05, 4.69) is 0 Å². The molecule has 2 fully saturated rings. The van der Waals surface area contributed by atoms with Gasteiger partial charge in [0.25, 0.3) is 0 Å². The maximum absolute atomic E-state index is 5.69. The van der Waals surface area contributed by atoms with E-state index in [-0.39, 0.29) is 133 Å². The van der Waals surface area contributed by atoms with Crippen LogP contribution < -0.4 is 53.5 Å². The SMILES string of the molecule is C1CCOC1.C1CCOC1.COCc1nn(C(n2nc(COC)c(COC)c2COC)n2nc(COC)c(COC)c2COC)c(COC)c1COC.COCc1nn(C(n2nc(COC)c(COC)c2COC)n2nc(COC)c(COC)c2COC)c(COC)c1COC.[I-].[Na+]. The fourth-order valence-corrected chi connectivity index (χ4v) is 11.2. The number of hydrogen-bond donors (Lipinski definition) is 0. The Morgan fingerprint density at radius 1 is 0.235 bits per heavy atom. The number of rotatable bonds is 42. The van der Waals surface area contributed by atoms with Crippen LogP contribution in [0, 0.1) is 0 Å². The van der Waals surface area contributed by atoms with Gasteiger partial charge in [0.2, 0.25) is 12.6 Å². The number of methoxy groups -OCH3 is 18. The molecule has 32 nitrogen and oxygen atoms in total. The van der Waals surface area contributed by atoms with Crippen molar-refractivity contribution in [3.8, 4) is 0 Å². The van der Waals surface area contributed by atoms with Crippen molar-refractivity contribution in [2.45, 2.75) is 157 Å². The van der Waals surface area contributed by atoms with Crippen LogP contribution in [-0.2, 0) is 214 Å². The van der Waals surface area contributed by atoms with Crippen LogP contribution in [0.1, 0.15) is 140 Å². The van der Waals surface area contributed by atoms with Gasteiger partial charge in [0.15, 0.2) is 0 Å². The van der Waals surface area contributed by atoms with Gasteiger partial charge in [-0.15, -0.1) is 0 Å². The Morgan fingerprint density at radius 2 is 0.367 bits per heavy atom. The molecule has 8 rings (SSSR count). The van der Waals surface area contributed by atoms with Crippen LogP contribution in [0.15, 0.2) is 0 Å². The number of hydrogen-bond acceptors (Lipinski definition) is 26. The van der Waals surface area contributed by atoms with Gasteiger partial charge in [0.1, 0.15) is 0 Å². The van der Waals surface area contributed by atoms with Crippen molar-refractivity contribution >= 4 is 0 Å². The normalized spacial score (nSPS) is 12.9. The van der Waals surface area contributed by atoms with Crippen LogP contribution in [0.5, 0.6) is 0 Å². The first-order valence-corrected chi connectivity index (χ1v) is 31.5. The van der Waals surface area contributed by atoms with Gasteiger partial charge in [-0.25, -0.2) is 28.1 Å². The van der Waals surface area contributed by atoms with Gasteiger partial charge in [-0.3, -0.25) is 0 Å². The largest absolute Gasteiger partial charge is 1.00 e. The van der Waals surface area contributed by atoms with Crippen LogP contribution in [0.25, 0.3) is 0 Å². The monoisotopic (exact) mass is 1510 g/mol. The zero-order valence-corrected chi connectivity index (χ0v) is 65.6. The summed E-state index contributed by atoms with van der Waals surface area (Å²) in [6, 6.07) is 0. The number of nitrogens with zero attached hydrogens (tertiary/aromatic N) is 12. The Hall–Kier alpha value is -3.81. The summed E-state index contributed by atoms with van der Waals surface area (Å²) in [7, 11) is 29.4. The van der Waals surface area contributed by atoms with Crippen LogP contribution in [-0.4, -0.2) is 213 Å². The minimum Gasteiger partial charge on any atom is -1.00 e. The average Bonchev–Trinajstić information content (AvgIpc) is 1.59. The van der Waals surface area contributed by atoms with Crippen LogP contribution >= 0.6 is 0 Å². The Kier molecular flexibility index (Phi) is 44.9. The Balaban J connectivity index is 0.000000436. The van der Waals surface area contributed by atoms with E-state index in [0.29, 0.717) is 73.8 Å². The first-order chi connectivity index (χ1) is 47.0. The zero-order valence-electron chi connectivity index (χ0n) is 61.4. The van der Waals surface area contributed by atoms with E-state index in [1.54, 1.807) is 128 Å². The Bertz CT molecular complexity index is 2610. The second-order valence-electron chi connectivity index (χ2n) is 22.0. The molecule has 0 unspecified atom stereocenters. The second-order valence-corrected chi connectivity index (χ2v) is 22.0. The van der Waals surface area contributed by atoms with Gasteiger partial charge in [0, 0.05) is 188 Å². The van der Waals surface area contributed by atoms with E-state index in [0.717, 1.165) is 94.0 Å². The molecule has 0 radical (unpaired) electrons. The molecule has 0 amide bonds. The van der Waals surface area contributed by atoms with E-state index < -0.39 is 12.6 Å². The molecule has 552 valence electrons. The third-order valence-corrected chi connectivity index (χ3v) is 15.3. The summed E-state index contributed by atoms with van der Waals surface area (Å²) >= 11 is 0. The van der Waals surface area contributed by atoms with Gasteiger partial charge in [-0.05, 0) is 25.7 Å². The maximum Gasteiger partial charge on any atom is 1.00 e. The third-order valence-electron chi connectivity index (χ3n) is 15.3.